The minimum atomic E-state index is -3.93. The molecular weight excluding hydrogens is 522 g/mol. The molecule has 0 unspecified atom stereocenters. The largest absolute Gasteiger partial charge is 0.294 e. The number of halogens is 2. The first kappa shape index (κ1) is 20.2. The third-order valence-corrected chi connectivity index (χ3v) is 8.01. The van der Waals surface area contributed by atoms with Gasteiger partial charge < -0.3 is 0 Å². The van der Waals surface area contributed by atoms with E-state index in [4.69, 9.17) is 0 Å². The second-order valence-electron chi connectivity index (χ2n) is 5.24. The summed E-state index contributed by atoms with van der Waals surface area (Å²) in [4.78, 5) is 14.1. The van der Waals surface area contributed by atoms with Gasteiger partial charge in [-0.05, 0) is 57.9 Å². The molecule has 5 nitrogen and oxygen atoms in total. The van der Waals surface area contributed by atoms with Crippen LogP contribution in [0.3, 0.4) is 0 Å². The molecule has 0 radical (unpaired) electrons. The maximum Gasteiger partial charge on any atom is 0.294 e. The van der Waals surface area contributed by atoms with E-state index in [1.807, 2.05) is 22.6 Å². The Morgan fingerprint density at radius 3 is 2.74 bits per heavy atom. The maximum atomic E-state index is 14.3. The Balaban J connectivity index is 2.02. The van der Waals surface area contributed by atoms with Gasteiger partial charge in [0, 0.05) is 15.7 Å². The number of amidine groups is 1. The summed E-state index contributed by atoms with van der Waals surface area (Å²) in [6.07, 6.45) is 2.88. The quantitative estimate of drug-likeness (QED) is 0.325. The minimum Gasteiger partial charge on any atom is -0.282 e. The van der Waals surface area contributed by atoms with E-state index in [-0.39, 0.29) is 26.4 Å². The maximum absolute atomic E-state index is 14.3. The highest BCUT2D eigenvalue weighted by atomic mass is 127. The lowest BCUT2D eigenvalue weighted by atomic mass is 10.2. The molecule has 2 heterocycles. The number of carbonyl (C=O) groups is 1. The van der Waals surface area contributed by atoms with Gasteiger partial charge in [-0.3, -0.25) is 9.69 Å². The number of nitrogens with zero attached hydrogens (tertiary/aromatic N) is 2. The molecule has 0 saturated carbocycles. The number of hydrogen-bond donors (Lipinski definition) is 0. The molecule has 2 aromatic rings. The molecule has 1 amide bonds. The van der Waals surface area contributed by atoms with Gasteiger partial charge in [0.25, 0.3) is 15.9 Å². The Kier molecular flexibility index (Phi) is 6.18. The van der Waals surface area contributed by atoms with Crippen molar-refractivity contribution in [2.45, 2.75) is 4.21 Å². The Morgan fingerprint density at radius 2 is 2.07 bits per heavy atom. The van der Waals surface area contributed by atoms with E-state index < -0.39 is 21.7 Å². The molecular formula is C17H12FIN2O3S3. The van der Waals surface area contributed by atoms with Gasteiger partial charge in [0.2, 0.25) is 0 Å². The van der Waals surface area contributed by atoms with Crippen LogP contribution in [0.5, 0.6) is 0 Å². The van der Waals surface area contributed by atoms with Crippen LogP contribution in [0, 0.1) is 9.39 Å². The minimum absolute atomic E-state index is 0.0191. The summed E-state index contributed by atoms with van der Waals surface area (Å²) in [6, 6.07) is 7.90. The molecule has 0 aliphatic carbocycles. The molecule has 140 valence electrons. The number of sulfonamides is 1. The summed E-state index contributed by atoms with van der Waals surface area (Å²) in [5.74, 6) is -0.885. The van der Waals surface area contributed by atoms with Crippen LogP contribution in [0.1, 0.15) is 5.56 Å². The predicted octanol–water partition coefficient (Wildman–Crippen LogP) is 4.34. The van der Waals surface area contributed by atoms with Crippen LogP contribution >= 0.6 is 45.7 Å². The van der Waals surface area contributed by atoms with Crippen LogP contribution in [0.15, 0.2) is 61.9 Å². The Morgan fingerprint density at radius 1 is 1.30 bits per heavy atom. The highest BCUT2D eigenvalue weighted by Crippen LogP contribution is 2.34. The molecule has 1 aliphatic rings. The lowest BCUT2D eigenvalue weighted by Gasteiger charge is -2.12. The average molecular weight is 534 g/mol. The smallest absolute Gasteiger partial charge is 0.282 e. The summed E-state index contributed by atoms with van der Waals surface area (Å²) < 4.78 is 43.5. The van der Waals surface area contributed by atoms with E-state index in [0.29, 0.717) is 3.57 Å². The van der Waals surface area contributed by atoms with Crippen LogP contribution in [-0.4, -0.2) is 30.9 Å². The van der Waals surface area contributed by atoms with Crippen LogP contribution in [-0.2, 0) is 14.8 Å². The van der Waals surface area contributed by atoms with Crippen molar-refractivity contribution in [1.29, 1.82) is 0 Å². The summed E-state index contributed by atoms with van der Waals surface area (Å²) >= 11 is 3.80. The molecule has 0 N–H and O–H groups in total. The summed E-state index contributed by atoms with van der Waals surface area (Å²) in [5, 5.41) is 1.65. The molecule has 0 bridgehead atoms. The van der Waals surface area contributed by atoms with E-state index in [2.05, 4.69) is 11.0 Å². The molecule has 1 aromatic heterocycles. The number of benzene rings is 1. The van der Waals surface area contributed by atoms with E-state index in [1.54, 1.807) is 29.6 Å². The van der Waals surface area contributed by atoms with Crippen LogP contribution in [0.2, 0.25) is 0 Å². The molecule has 3 rings (SSSR count). The van der Waals surface area contributed by atoms with Crippen molar-refractivity contribution in [2.75, 3.05) is 6.54 Å². The van der Waals surface area contributed by atoms with Gasteiger partial charge >= 0.3 is 0 Å². The summed E-state index contributed by atoms with van der Waals surface area (Å²) in [6.45, 7) is 3.68. The fraction of sp³-hybridized carbons (Fsp3) is 0.0588. The Labute approximate surface area is 177 Å². The molecule has 27 heavy (non-hydrogen) atoms. The number of carbonyl (C=O) groups excluding carboxylic acids is 1. The van der Waals surface area contributed by atoms with Crippen molar-refractivity contribution in [1.82, 2.24) is 4.90 Å². The second kappa shape index (κ2) is 8.25. The molecule has 0 spiro atoms. The zero-order valence-corrected chi connectivity index (χ0v) is 18.2. The van der Waals surface area contributed by atoms with E-state index in [1.165, 1.54) is 23.1 Å². The average Bonchev–Trinajstić information content (AvgIpc) is 3.25. The SMILES string of the molecule is C=CCN1C(=O)C(=Cc2cccc(I)c2F)SC1=NS(=O)(=O)c1cccs1. The van der Waals surface area contributed by atoms with Gasteiger partial charge in [0.15, 0.2) is 5.17 Å². The highest BCUT2D eigenvalue weighted by Gasteiger charge is 2.34. The molecule has 1 saturated heterocycles. The third-order valence-electron chi connectivity index (χ3n) is 3.42. The summed E-state index contributed by atoms with van der Waals surface area (Å²) in [5.41, 5.74) is 0.249. The fourth-order valence-corrected chi connectivity index (χ4v) is 5.87. The molecule has 10 heteroatoms. The van der Waals surface area contributed by atoms with Crippen molar-refractivity contribution >= 4 is 72.9 Å². The van der Waals surface area contributed by atoms with Crippen molar-refractivity contribution in [3.05, 3.63) is 68.2 Å². The normalized spacial score (nSPS) is 17.9. The van der Waals surface area contributed by atoms with E-state index in [0.717, 1.165) is 23.1 Å². The Hall–Kier alpha value is -1.50. The van der Waals surface area contributed by atoms with E-state index >= 15 is 0 Å². The first-order valence-corrected chi connectivity index (χ1v) is 11.7. The van der Waals surface area contributed by atoms with Crippen LogP contribution in [0.4, 0.5) is 4.39 Å². The van der Waals surface area contributed by atoms with E-state index in [9.17, 15) is 17.6 Å². The number of amides is 1. The number of thioether (sulfide) groups is 1. The second-order valence-corrected chi connectivity index (χ2v) is 10.2. The topological polar surface area (TPSA) is 66.8 Å². The summed E-state index contributed by atoms with van der Waals surface area (Å²) in [7, 11) is -3.93. The van der Waals surface area contributed by atoms with Gasteiger partial charge in [0.1, 0.15) is 10.0 Å². The standard InChI is InChI=1S/C17H12FIN2O3S3/c1-2-8-21-16(22)13(10-11-5-3-6-12(19)15(11)18)26-17(21)20-27(23,24)14-7-4-9-25-14/h2-7,9-10H,1,8H2. The monoisotopic (exact) mass is 534 g/mol. The predicted molar refractivity (Wildman–Crippen MR) is 116 cm³/mol. The first-order valence-electron chi connectivity index (χ1n) is 7.48. The molecule has 1 fully saturated rings. The van der Waals surface area contributed by atoms with Gasteiger partial charge in [0.05, 0.1) is 4.91 Å². The van der Waals surface area contributed by atoms with Crippen molar-refractivity contribution < 1.29 is 17.6 Å². The number of rotatable bonds is 5. The Bertz CT molecular complexity index is 1060. The van der Waals surface area contributed by atoms with Crippen molar-refractivity contribution in [2.24, 2.45) is 4.40 Å². The lowest BCUT2D eigenvalue weighted by Crippen LogP contribution is -2.29. The van der Waals surface area contributed by atoms with Crippen molar-refractivity contribution in [3.63, 3.8) is 0 Å². The lowest BCUT2D eigenvalue weighted by molar-refractivity contribution is -0.121. The fourth-order valence-electron chi connectivity index (χ4n) is 2.20. The zero-order valence-electron chi connectivity index (χ0n) is 13.6. The molecule has 1 aromatic carbocycles. The zero-order chi connectivity index (χ0) is 19.6. The highest BCUT2D eigenvalue weighted by molar-refractivity contribution is 14.1. The third kappa shape index (κ3) is 4.33. The van der Waals surface area contributed by atoms with Crippen LogP contribution < -0.4 is 0 Å². The van der Waals surface area contributed by atoms with Crippen LogP contribution in [0.25, 0.3) is 6.08 Å². The first-order chi connectivity index (χ1) is 12.8. The molecule has 1 aliphatic heterocycles. The van der Waals surface area contributed by atoms with Gasteiger partial charge in [-0.1, -0.05) is 24.3 Å². The van der Waals surface area contributed by atoms with Gasteiger partial charge in [-0.15, -0.1) is 22.3 Å². The van der Waals surface area contributed by atoms with Crippen molar-refractivity contribution in [3.8, 4) is 0 Å². The number of thiophene rings is 1. The number of hydrogen-bond acceptors (Lipinski definition) is 5. The van der Waals surface area contributed by atoms with Gasteiger partial charge in [-0.25, -0.2) is 4.39 Å². The molecule has 0 atom stereocenters. The van der Waals surface area contributed by atoms with Gasteiger partial charge in [-0.2, -0.15) is 8.42 Å².